The molecular weight excluding hydrogens is 428 g/mol. The molecule has 0 N–H and O–H groups in total. The van der Waals surface area contributed by atoms with Crippen LogP contribution in [0.4, 0.5) is 5.82 Å². The first-order valence-corrected chi connectivity index (χ1v) is 10.8. The number of fused-ring (bicyclic) bond motifs is 1. The highest BCUT2D eigenvalue weighted by Gasteiger charge is 2.22. The molecule has 0 amide bonds. The minimum Gasteiger partial charge on any atom is -0.497 e. The third-order valence-electron chi connectivity index (χ3n) is 5.68. The number of aryl methyl sites for hydroxylation is 1. The van der Waals surface area contributed by atoms with Gasteiger partial charge in [0, 0.05) is 33.2 Å². The molecule has 4 heterocycles. The molecule has 0 aliphatic carbocycles. The Morgan fingerprint density at radius 1 is 1.09 bits per heavy atom. The van der Waals surface area contributed by atoms with Crippen LogP contribution < -0.4 is 9.64 Å². The van der Waals surface area contributed by atoms with E-state index < -0.39 is 0 Å². The summed E-state index contributed by atoms with van der Waals surface area (Å²) in [6, 6.07) is 7.86. The van der Waals surface area contributed by atoms with Crippen molar-refractivity contribution >= 4 is 29.1 Å². The van der Waals surface area contributed by atoms with Gasteiger partial charge in [-0.2, -0.15) is 5.10 Å². The monoisotopic (exact) mass is 452 g/mol. The van der Waals surface area contributed by atoms with Gasteiger partial charge in [-0.1, -0.05) is 12.1 Å². The lowest BCUT2D eigenvalue weighted by molar-refractivity contribution is 0.192. The molecular formula is C21H24N8O2S. The molecule has 3 aromatic heterocycles. The summed E-state index contributed by atoms with van der Waals surface area (Å²) in [4.78, 5) is 13.8. The minimum atomic E-state index is 0.392. The van der Waals surface area contributed by atoms with Crippen LogP contribution in [0.25, 0.3) is 11.0 Å². The maximum atomic E-state index is 5.73. The van der Waals surface area contributed by atoms with Crippen molar-refractivity contribution in [1.82, 2.24) is 34.4 Å². The predicted molar refractivity (Wildman–Crippen MR) is 121 cm³/mol. The molecule has 4 aromatic rings. The van der Waals surface area contributed by atoms with Crippen LogP contribution in [-0.4, -0.2) is 67.7 Å². The molecule has 1 aliphatic rings. The molecule has 10 nitrogen and oxygen atoms in total. The van der Waals surface area contributed by atoms with Gasteiger partial charge in [0.1, 0.15) is 17.9 Å². The maximum Gasteiger partial charge on any atom is 0.288 e. The van der Waals surface area contributed by atoms with Gasteiger partial charge >= 0.3 is 0 Å². The van der Waals surface area contributed by atoms with Gasteiger partial charge in [-0.15, -0.1) is 5.10 Å². The van der Waals surface area contributed by atoms with Gasteiger partial charge in [-0.25, -0.2) is 14.6 Å². The van der Waals surface area contributed by atoms with E-state index in [2.05, 4.69) is 30.0 Å². The largest absolute Gasteiger partial charge is 0.497 e. The van der Waals surface area contributed by atoms with Crippen molar-refractivity contribution in [3.63, 3.8) is 0 Å². The number of anilines is 1. The first-order chi connectivity index (χ1) is 15.6. The van der Waals surface area contributed by atoms with Crippen molar-refractivity contribution in [2.24, 2.45) is 7.05 Å². The molecule has 11 heteroatoms. The lowest BCUT2D eigenvalue weighted by Crippen LogP contribution is -2.47. The van der Waals surface area contributed by atoms with Gasteiger partial charge in [-0.05, 0) is 29.9 Å². The summed E-state index contributed by atoms with van der Waals surface area (Å²) < 4.78 is 14.5. The summed E-state index contributed by atoms with van der Waals surface area (Å²) in [6.07, 6.45) is 4.02. The topological polar surface area (TPSA) is 90.3 Å². The molecule has 1 aromatic carbocycles. The molecule has 32 heavy (non-hydrogen) atoms. The third kappa shape index (κ3) is 4.08. The minimum absolute atomic E-state index is 0.392. The Morgan fingerprint density at radius 2 is 1.88 bits per heavy atom. The summed E-state index contributed by atoms with van der Waals surface area (Å²) in [7, 11) is 3.55. The second-order valence-electron chi connectivity index (χ2n) is 7.74. The number of methoxy groups -OCH3 is 1. The Morgan fingerprint density at radius 3 is 2.62 bits per heavy atom. The number of benzene rings is 1. The van der Waals surface area contributed by atoms with E-state index in [0.717, 1.165) is 54.3 Å². The highest BCUT2D eigenvalue weighted by molar-refractivity contribution is 7.71. The quantitative estimate of drug-likeness (QED) is 0.409. The number of nitrogens with zero attached hydrogens (tertiary/aromatic N) is 8. The smallest absolute Gasteiger partial charge is 0.288 e. The predicted octanol–water partition coefficient (Wildman–Crippen LogP) is 2.26. The summed E-state index contributed by atoms with van der Waals surface area (Å²) in [5, 5.41) is 9.88. The van der Waals surface area contributed by atoms with Crippen LogP contribution in [0.2, 0.25) is 0 Å². The maximum absolute atomic E-state index is 5.73. The first-order valence-electron chi connectivity index (χ1n) is 10.4. The Bertz CT molecular complexity index is 1270. The Labute approximate surface area is 190 Å². The molecule has 0 spiro atoms. The van der Waals surface area contributed by atoms with E-state index in [1.807, 2.05) is 37.5 Å². The van der Waals surface area contributed by atoms with E-state index in [1.165, 1.54) is 0 Å². The number of hydrogen-bond acceptors (Lipinski definition) is 9. The van der Waals surface area contributed by atoms with E-state index in [0.29, 0.717) is 23.8 Å². The zero-order valence-corrected chi connectivity index (χ0v) is 18.8. The van der Waals surface area contributed by atoms with E-state index >= 15 is 0 Å². The molecule has 0 bridgehead atoms. The van der Waals surface area contributed by atoms with Gasteiger partial charge in [0.15, 0.2) is 5.65 Å². The molecule has 0 saturated carbocycles. The molecule has 5 rings (SSSR count). The van der Waals surface area contributed by atoms with Crippen LogP contribution in [0.5, 0.6) is 5.75 Å². The van der Waals surface area contributed by atoms with E-state index in [-0.39, 0.29) is 0 Å². The van der Waals surface area contributed by atoms with Crippen LogP contribution in [0, 0.1) is 4.84 Å². The summed E-state index contributed by atoms with van der Waals surface area (Å²) in [5.74, 6) is 2.37. The molecule has 0 radical (unpaired) electrons. The van der Waals surface area contributed by atoms with E-state index in [1.54, 1.807) is 22.8 Å². The third-order valence-corrected chi connectivity index (χ3v) is 5.97. The van der Waals surface area contributed by atoms with E-state index in [4.69, 9.17) is 21.4 Å². The molecule has 1 fully saturated rings. The lowest BCUT2D eigenvalue weighted by atomic mass is 10.1. The van der Waals surface area contributed by atoms with Crippen LogP contribution in [0.3, 0.4) is 0 Å². The van der Waals surface area contributed by atoms with Gasteiger partial charge < -0.3 is 14.1 Å². The molecule has 1 saturated heterocycles. The van der Waals surface area contributed by atoms with Crippen LogP contribution in [0.15, 0.2) is 41.2 Å². The van der Waals surface area contributed by atoms with Crippen molar-refractivity contribution < 1.29 is 9.15 Å². The SMILES string of the molecule is COc1ccc(Cc2nn(CN3CCN(c4ncnc5c4cnn5C)CC3)c(=S)o2)cc1. The van der Waals surface area contributed by atoms with Crippen molar-refractivity contribution in [3.05, 3.63) is 53.1 Å². The van der Waals surface area contributed by atoms with Gasteiger partial charge in [0.05, 0.1) is 31.8 Å². The van der Waals surface area contributed by atoms with Gasteiger partial charge in [-0.3, -0.25) is 9.58 Å². The zero-order chi connectivity index (χ0) is 22.1. The number of hydrogen-bond donors (Lipinski definition) is 0. The van der Waals surface area contributed by atoms with Gasteiger partial charge in [0.25, 0.3) is 4.84 Å². The lowest BCUT2D eigenvalue weighted by Gasteiger charge is -2.35. The molecule has 166 valence electrons. The van der Waals surface area contributed by atoms with Crippen molar-refractivity contribution in [2.75, 3.05) is 38.2 Å². The summed E-state index contributed by atoms with van der Waals surface area (Å²) >= 11 is 5.40. The van der Waals surface area contributed by atoms with Crippen molar-refractivity contribution in [2.45, 2.75) is 13.1 Å². The number of rotatable bonds is 6. The second-order valence-corrected chi connectivity index (χ2v) is 8.08. The Balaban J connectivity index is 1.22. The molecule has 0 atom stereocenters. The summed E-state index contributed by atoms with van der Waals surface area (Å²) in [6.45, 7) is 4.04. The fraction of sp³-hybridized carbons (Fsp3) is 0.381. The van der Waals surface area contributed by atoms with Crippen molar-refractivity contribution in [3.8, 4) is 5.75 Å². The fourth-order valence-corrected chi connectivity index (χ4v) is 4.12. The highest BCUT2D eigenvalue weighted by Crippen LogP contribution is 2.23. The zero-order valence-electron chi connectivity index (χ0n) is 18.0. The number of ether oxygens (including phenoxy) is 1. The average molecular weight is 453 g/mol. The first kappa shape index (κ1) is 20.6. The normalized spacial score (nSPS) is 14.9. The van der Waals surface area contributed by atoms with Crippen LogP contribution in [0.1, 0.15) is 11.5 Å². The van der Waals surface area contributed by atoms with Crippen molar-refractivity contribution in [1.29, 1.82) is 0 Å². The standard InChI is InChI=1S/C21H24N8O2S/c1-26-19-17(12-24-26)20(23-13-22-19)28-9-7-27(8-10-28)14-29-21(32)31-18(25-29)11-15-3-5-16(30-2)6-4-15/h3-6,12-13H,7-11,14H2,1-2H3. The Kier molecular flexibility index (Phi) is 5.58. The highest BCUT2D eigenvalue weighted by atomic mass is 32.1. The average Bonchev–Trinajstić information content (AvgIpc) is 3.37. The molecule has 0 unspecified atom stereocenters. The van der Waals surface area contributed by atoms with Crippen LogP contribution >= 0.6 is 12.2 Å². The van der Waals surface area contributed by atoms with Crippen LogP contribution in [-0.2, 0) is 20.1 Å². The van der Waals surface area contributed by atoms with E-state index in [9.17, 15) is 0 Å². The number of piperazine rings is 1. The second kappa shape index (κ2) is 8.67. The van der Waals surface area contributed by atoms with Gasteiger partial charge in [0.2, 0.25) is 5.89 Å². The Hall–Kier alpha value is -3.31. The molecule has 1 aliphatic heterocycles. The fourth-order valence-electron chi connectivity index (χ4n) is 3.92. The number of aromatic nitrogens is 6. The summed E-state index contributed by atoms with van der Waals surface area (Å²) in [5.41, 5.74) is 1.94.